The zero-order chi connectivity index (χ0) is 22.2. The maximum absolute atomic E-state index is 12.6. The van der Waals surface area contributed by atoms with E-state index in [0.717, 1.165) is 63.8 Å². The smallest absolute Gasteiger partial charge is 0.223 e. The summed E-state index contributed by atoms with van der Waals surface area (Å²) in [5.74, 6) is 1.96. The number of benzene rings is 1. The number of nitrogens with zero attached hydrogens (tertiary/aromatic N) is 2. The first-order valence-electron chi connectivity index (χ1n) is 11.6. The fourth-order valence-electron chi connectivity index (χ4n) is 4.74. The Morgan fingerprint density at radius 1 is 1.00 bits per heavy atom. The van der Waals surface area contributed by atoms with Crippen LogP contribution in [-0.2, 0) is 16.0 Å². The van der Waals surface area contributed by atoms with Crippen LogP contribution in [0.1, 0.15) is 44.6 Å². The van der Waals surface area contributed by atoms with Gasteiger partial charge in [-0.25, -0.2) is 0 Å². The lowest BCUT2D eigenvalue weighted by Gasteiger charge is -2.41. The Bertz CT molecular complexity index is 738. The lowest BCUT2D eigenvalue weighted by molar-refractivity contribution is -0.133. The van der Waals surface area contributed by atoms with E-state index in [1.54, 1.807) is 14.2 Å². The van der Waals surface area contributed by atoms with Crippen molar-refractivity contribution in [2.75, 3.05) is 46.9 Å². The standard InChI is InChI=1S/C24H37N3O4/c1-4-23(28)27-15-10-20(11-16-27)26-13-8-19(9-14-26)24(29)25-12-7-18-5-6-21(30-2)22(17-18)31-3/h5-6,17,19-20H,4,7-16H2,1-3H3,(H,25,29). The van der Waals surface area contributed by atoms with Crippen LogP contribution in [0.3, 0.4) is 0 Å². The first-order valence-corrected chi connectivity index (χ1v) is 11.6. The molecule has 7 nitrogen and oxygen atoms in total. The molecule has 1 N–H and O–H groups in total. The quantitative estimate of drug-likeness (QED) is 0.685. The molecule has 0 atom stereocenters. The number of hydrogen-bond donors (Lipinski definition) is 1. The number of piperidine rings is 2. The minimum Gasteiger partial charge on any atom is -0.493 e. The van der Waals surface area contributed by atoms with Crippen molar-refractivity contribution in [2.24, 2.45) is 5.92 Å². The van der Waals surface area contributed by atoms with E-state index in [2.05, 4.69) is 10.2 Å². The third-order valence-corrected chi connectivity index (χ3v) is 6.70. The Balaban J connectivity index is 1.37. The molecule has 2 saturated heterocycles. The molecule has 172 valence electrons. The zero-order valence-corrected chi connectivity index (χ0v) is 19.2. The second-order valence-corrected chi connectivity index (χ2v) is 8.51. The molecule has 0 unspecified atom stereocenters. The topological polar surface area (TPSA) is 71.1 Å². The molecule has 1 aromatic carbocycles. The van der Waals surface area contributed by atoms with Crippen LogP contribution in [0.4, 0.5) is 0 Å². The van der Waals surface area contributed by atoms with Gasteiger partial charge in [0.1, 0.15) is 0 Å². The molecular formula is C24H37N3O4. The molecule has 0 radical (unpaired) electrons. The summed E-state index contributed by atoms with van der Waals surface area (Å²) >= 11 is 0. The SMILES string of the molecule is CCC(=O)N1CCC(N2CCC(C(=O)NCCc3ccc(OC)c(OC)c3)CC2)CC1. The number of ether oxygens (including phenoxy) is 2. The van der Waals surface area contributed by atoms with Gasteiger partial charge in [-0.2, -0.15) is 0 Å². The van der Waals surface area contributed by atoms with Crippen molar-refractivity contribution in [3.8, 4) is 11.5 Å². The van der Waals surface area contributed by atoms with Crippen LogP contribution in [0.15, 0.2) is 18.2 Å². The number of rotatable bonds is 8. The first kappa shape index (κ1) is 23.4. The molecular weight excluding hydrogens is 394 g/mol. The minimum absolute atomic E-state index is 0.100. The van der Waals surface area contributed by atoms with Gasteiger partial charge in [-0.05, 0) is 62.9 Å². The number of likely N-dealkylation sites (tertiary alicyclic amines) is 2. The van der Waals surface area contributed by atoms with Crippen molar-refractivity contribution < 1.29 is 19.1 Å². The Morgan fingerprint density at radius 2 is 1.68 bits per heavy atom. The van der Waals surface area contributed by atoms with Crippen molar-refractivity contribution in [3.63, 3.8) is 0 Å². The molecule has 2 heterocycles. The third kappa shape index (κ3) is 6.12. The largest absolute Gasteiger partial charge is 0.493 e. The molecule has 2 fully saturated rings. The van der Waals surface area contributed by atoms with Gasteiger partial charge in [-0.1, -0.05) is 13.0 Å². The lowest BCUT2D eigenvalue weighted by atomic mass is 9.92. The predicted molar refractivity (Wildman–Crippen MR) is 120 cm³/mol. The minimum atomic E-state index is 0.100. The van der Waals surface area contributed by atoms with Crippen LogP contribution in [0.5, 0.6) is 11.5 Å². The number of hydrogen-bond acceptors (Lipinski definition) is 5. The number of carbonyl (C=O) groups excluding carboxylic acids is 2. The number of amides is 2. The molecule has 31 heavy (non-hydrogen) atoms. The Hall–Kier alpha value is -2.28. The van der Waals surface area contributed by atoms with E-state index >= 15 is 0 Å². The van der Waals surface area contributed by atoms with Crippen LogP contribution in [0, 0.1) is 5.92 Å². The Morgan fingerprint density at radius 3 is 2.29 bits per heavy atom. The van der Waals surface area contributed by atoms with Gasteiger partial charge < -0.3 is 24.6 Å². The highest BCUT2D eigenvalue weighted by molar-refractivity contribution is 5.78. The van der Waals surface area contributed by atoms with E-state index in [0.29, 0.717) is 30.5 Å². The number of methoxy groups -OCH3 is 2. The van der Waals surface area contributed by atoms with Crippen molar-refractivity contribution in [3.05, 3.63) is 23.8 Å². The molecule has 2 amide bonds. The van der Waals surface area contributed by atoms with E-state index < -0.39 is 0 Å². The van der Waals surface area contributed by atoms with E-state index in [9.17, 15) is 9.59 Å². The molecule has 1 aromatic rings. The molecule has 0 saturated carbocycles. The average Bonchev–Trinajstić information content (AvgIpc) is 2.83. The summed E-state index contributed by atoms with van der Waals surface area (Å²) in [6, 6.07) is 6.41. The fraction of sp³-hybridized carbons (Fsp3) is 0.667. The summed E-state index contributed by atoms with van der Waals surface area (Å²) < 4.78 is 10.6. The van der Waals surface area contributed by atoms with Crippen LogP contribution < -0.4 is 14.8 Å². The monoisotopic (exact) mass is 431 g/mol. The molecule has 7 heteroatoms. The predicted octanol–water partition coefficient (Wildman–Crippen LogP) is 2.48. The van der Waals surface area contributed by atoms with Crippen molar-refractivity contribution in [1.29, 1.82) is 0 Å². The maximum atomic E-state index is 12.6. The van der Waals surface area contributed by atoms with Gasteiger partial charge in [0.05, 0.1) is 14.2 Å². The molecule has 2 aliphatic heterocycles. The highest BCUT2D eigenvalue weighted by atomic mass is 16.5. The second-order valence-electron chi connectivity index (χ2n) is 8.51. The molecule has 3 rings (SSSR count). The summed E-state index contributed by atoms with van der Waals surface area (Å²) in [5, 5.41) is 3.11. The van der Waals surface area contributed by atoms with E-state index in [1.807, 2.05) is 30.0 Å². The van der Waals surface area contributed by atoms with Crippen molar-refractivity contribution >= 4 is 11.8 Å². The summed E-state index contributed by atoms with van der Waals surface area (Å²) in [6.45, 7) is 6.23. The van der Waals surface area contributed by atoms with Gasteiger partial charge >= 0.3 is 0 Å². The fourth-order valence-corrected chi connectivity index (χ4v) is 4.74. The summed E-state index contributed by atoms with van der Waals surface area (Å²) in [4.78, 5) is 29.0. The molecule has 2 aliphatic rings. The number of carbonyl (C=O) groups is 2. The maximum Gasteiger partial charge on any atom is 0.223 e. The Kier molecular flexibility index (Phi) is 8.58. The van der Waals surface area contributed by atoms with Gasteiger partial charge in [0, 0.05) is 38.0 Å². The van der Waals surface area contributed by atoms with Crippen LogP contribution in [0.2, 0.25) is 0 Å². The van der Waals surface area contributed by atoms with Crippen LogP contribution >= 0.6 is 0 Å². The van der Waals surface area contributed by atoms with Gasteiger partial charge in [0.2, 0.25) is 11.8 Å². The zero-order valence-electron chi connectivity index (χ0n) is 19.2. The van der Waals surface area contributed by atoms with Crippen molar-refractivity contribution in [2.45, 2.75) is 51.5 Å². The molecule has 0 bridgehead atoms. The summed E-state index contributed by atoms with van der Waals surface area (Å²) in [7, 11) is 3.25. The molecule has 0 aliphatic carbocycles. The van der Waals surface area contributed by atoms with Gasteiger partial charge in [0.25, 0.3) is 0 Å². The van der Waals surface area contributed by atoms with E-state index in [1.165, 1.54) is 0 Å². The molecule has 0 aromatic heterocycles. The van der Waals surface area contributed by atoms with Gasteiger partial charge in [0.15, 0.2) is 11.5 Å². The van der Waals surface area contributed by atoms with Gasteiger partial charge in [-0.3, -0.25) is 9.59 Å². The Labute approximate surface area is 186 Å². The van der Waals surface area contributed by atoms with Gasteiger partial charge in [-0.15, -0.1) is 0 Å². The normalized spacial score (nSPS) is 18.6. The van der Waals surface area contributed by atoms with Crippen molar-refractivity contribution in [1.82, 2.24) is 15.1 Å². The molecule has 0 spiro atoms. The third-order valence-electron chi connectivity index (χ3n) is 6.70. The second kappa shape index (κ2) is 11.4. The lowest BCUT2D eigenvalue weighted by Crippen LogP contribution is -2.50. The summed E-state index contributed by atoms with van der Waals surface area (Å²) in [5.41, 5.74) is 1.11. The van der Waals surface area contributed by atoms with E-state index in [4.69, 9.17) is 9.47 Å². The highest BCUT2D eigenvalue weighted by Crippen LogP contribution is 2.28. The summed E-state index contributed by atoms with van der Waals surface area (Å²) in [6.07, 6.45) is 5.28. The average molecular weight is 432 g/mol. The van der Waals surface area contributed by atoms with Crippen LogP contribution in [0.25, 0.3) is 0 Å². The first-order chi connectivity index (χ1) is 15.0. The van der Waals surface area contributed by atoms with E-state index in [-0.39, 0.29) is 17.7 Å². The highest BCUT2D eigenvalue weighted by Gasteiger charge is 2.31. The number of nitrogens with one attached hydrogen (secondary N) is 1. The van der Waals surface area contributed by atoms with Crippen LogP contribution in [-0.4, -0.2) is 74.6 Å².